The lowest BCUT2D eigenvalue weighted by Crippen LogP contribution is -2.69. The molecule has 0 aromatic rings. The van der Waals surface area contributed by atoms with Crippen molar-refractivity contribution in [2.24, 2.45) is 5.92 Å². The topological polar surface area (TPSA) is 58.6 Å². The average Bonchev–Trinajstić information content (AvgIpc) is 2.37. The third-order valence-electron chi connectivity index (χ3n) is 3.82. The first kappa shape index (κ1) is 17.0. The number of carbonyl (C=O) groups is 2. The van der Waals surface area contributed by atoms with Crippen molar-refractivity contribution in [3.63, 3.8) is 0 Å². The minimum atomic E-state index is -0.809. The predicted octanol–water partition coefficient (Wildman–Crippen LogP) is 1.56. The molecule has 1 N–H and O–H groups in total. The van der Waals surface area contributed by atoms with Crippen LogP contribution in [0, 0.1) is 5.92 Å². The normalized spacial score (nSPS) is 22.3. The molecule has 1 saturated heterocycles. The summed E-state index contributed by atoms with van der Waals surface area (Å²) < 4.78 is 5.52. The second-order valence-electron chi connectivity index (χ2n) is 6.21. The summed E-state index contributed by atoms with van der Waals surface area (Å²) in [6.07, 6.45) is 2.11. The minimum Gasteiger partial charge on any atom is -0.380 e. The average molecular weight is 284 g/mol. The molecule has 0 saturated carbocycles. The van der Waals surface area contributed by atoms with Crippen LogP contribution in [0.15, 0.2) is 0 Å². The highest BCUT2D eigenvalue weighted by atomic mass is 16.5. The number of amides is 2. The lowest BCUT2D eigenvalue weighted by atomic mass is 9.91. The van der Waals surface area contributed by atoms with Crippen molar-refractivity contribution in [3.05, 3.63) is 0 Å². The van der Waals surface area contributed by atoms with Crippen LogP contribution in [0.3, 0.4) is 0 Å². The van der Waals surface area contributed by atoms with Gasteiger partial charge in [0.05, 0.1) is 6.61 Å². The lowest BCUT2D eigenvalue weighted by molar-refractivity contribution is -0.157. The van der Waals surface area contributed by atoms with Gasteiger partial charge >= 0.3 is 0 Å². The van der Waals surface area contributed by atoms with Gasteiger partial charge < -0.3 is 15.0 Å². The van der Waals surface area contributed by atoms with Crippen LogP contribution in [0.2, 0.25) is 0 Å². The number of hydrogen-bond donors (Lipinski definition) is 1. The molecule has 0 aliphatic carbocycles. The summed E-state index contributed by atoms with van der Waals surface area (Å²) in [6, 6.07) is -0.425. The Hall–Kier alpha value is -1.10. The Balaban J connectivity index is 2.67. The quantitative estimate of drug-likeness (QED) is 0.722. The van der Waals surface area contributed by atoms with Crippen LogP contribution >= 0.6 is 0 Å². The second kappa shape index (κ2) is 7.07. The maximum Gasteiger partial charge on any atom is 0.246 e. The first-order chi connectivity index (χ1) is 9.32. The van der Waals surface area contributed by atoms with E-state index in [0.29, 0.717) is 19.8 Å². The molecule has 0 aromatic heterocycles. The number of nitrogens with one attached hydrogen (secondary N) is 1. The van der Waals surface area contributed by atoms with Crippen molar-refractivity contribution in [2.45, 2.75) is 59.0 Å². The van der Waals surface area contributed by atoms with Crippen molar-refractivity contribution < 1.29 is 14.3 Å². The molecule has 20 heavy (non-hydrogen) atoms. The molecule has 116 valence electrons. The number of hydrogen-bond acceptors (Lipinski definition) is 3. The number of unbranched alkanes of at least 4 members (excludes halogenated alkanes) is 1. The zero-order valence-electron chi connectivity index (χ0n) is 13.4. The Morgan fingerprint density at radius 1 is 1.30 bits per heavy atom. The monoisotopic (exact) mass is 284 g/mol. The van der Waals surface area contributed by atoms with Crippen LogP contribution in [0.25, 0.3) is 0 Å². The van der Waals surface area contributed by atoms with E-state index in [1.54, 1.807) is 18.7 Å². The second-order valence-corrected chi connectivity index (χ2v) is 6.21. The lowest BCUT2D eigenvalue weighted by Gasteiger charge is -2.45. The molecule has 0 bridgehead atoms. The maximum atomic E-state index is 12.5. The molecule has 1 atom stereocenters. The molecular formula is C15H28N2O3. The van der Waals surface area contributed by atoms with Gasteiger partial charge in [-0.15, -0.1) is 0 Å². The minimum absolute atomic E-state index is 0.0105. The number of nitrogens with zero attached hydrogens (tertiary/aromatic N) is 1. The van der Waals surface area contributed by atoms with Gasteiger partial charge in [-0.25, -0.2) is 0 Å². The third-order valence-corrected chi connectivity index (χ3v) is 3.82. The summed E-state index contributed by atoms with van der Waals surface area (Å²) in [4.78, 5) is 26.3. The maximum absolute atomic E-state index is 12.5. The van der Waals surface area contributed by atoms with Crippen LogP contribution in [0.5, 0.6) is 0 Å². The van der Waals surface area contributed by atoms with Crippen molar-refractivity contribution >= 4 is 11.8 Å². The van der Waals surface area contributed by atoms with Crippen LogP contribution in [0.1, 0.15) is 47.5 Å². The third kappa shape index (κ3) is 3.72. The van der Waals surface area contributed by atoms with Gasteiger partial charge in [-0.2, -0.15) is 0 Å². The molecule has 2 amide bonds. The molecule has 0 radical (unpaired) electrons. The first-order valence-electron chi connectivity index (χ1n) is 7.52. The number of carbonyl (C=O) groups excluding carboxylic acids is 2. The van der Waals surface area contributed by atoms with Crippen LogP contribution in [0.4, 0.5) is 0 Å². The predicted molar refractivity (Wildman–Crippen MR) is 78.3 cm³/mol. The zero-order chi connectivity index (χ0) is 15.3. The van der Waals surface area contributed by atoms with E-state index in [9.17, 15) is 9.59 Å². The molecule has 1 heterocycles. The van der Waals surface area contributed by atoms with E-state index in [1.165, 1.54) is 0 Å². The Morgan fingerprint density at radius 3 is 2.50 bits per heavy atom. The summed E-state index contributed by atoms with van der Waals surface area (Å²) in [5.74, 6) is -0.0147. The van der Waals surface area contributed by atoms with Gasteiger partial charge in [0, 0.05) is 13.2 Å². The standard InChI is InChI=1S/C15H28N2O3/c1-6-7-9-20-10-8-17-13(18)12(11(2)3)16-14(19)15(17,4)5/h11-12H,6-10H2,1-5H3,(H,16,19). The molecule has 0 spiro atoms. The fraction of sp³-hybridized carbons (Fsp3) is 0.867. The van der Waals surface area contributed by atoms with Gasteiger partial charge in [0.25, 0.3) is 0 Å². The molecule has 0 aromatic carbocycles. The van der Waals surface area contributed by atoms with Gasteiger partial charge in [-0.05, 0) is 26.2 Å². The Morgan fingerprint density at radius 2 is 1.95 bits per heavy atom. The van der Waals surface area contributed by atoms with E-state index in [-0.39, 0.29) is 17.7 Å². The smallest absolute Gasteiger partial charge is 0.246 e. The van der Waals surface area contributed by atoms with E-state index in [4.69, 9.17) is 4.74 Å². The first-order valence-corrected chi connectivity index (χ1v) is 7.52. The highest BCUT2D eigenvalue weighted by Gasteiger charge is 2.46. The zero-order valence-corrected chi connectivity index (χ0v) is 13.4. The van der Waals surface area contributed by atoms with Crippen LogP contribution in [-0.4, -0.2) is 48.1 Å². The summed E-state index contributed by atoms with van der Waals surface area (Å²) in [6.45, 7) is 11.2. The van der Waals surface area contributed by atoms with Gasteiger partial charge in [-0.3, -0.25) is 9.59 Å². The van der Waals surface area contributed by atoms with Gasteiger partial charge in [-0.1, -0.05) is 27.2 Å². The summed E-state index contributed by atoms with van der Waals surface area (Å²) in [7, 11) is 0. The molecule has 5 heteroatoms. The van der Waals surface area contributed by atoms with E-state index in [2.05, 4.69) is 12.2 Å². The SMILES string of the molecule is CCCCOCCN1C(=O)C(C(C)C)NC(=O)C1(C)C. The highest BCUT2D eigenvalue weighted by molar-refractivity contribution is 5.99. The molecule has 5 nitrogen and oxygen atoms in total. The Kier molecular flexibility index (Phi) is 5.99. The van der Waals surface area contributed by atoms with Gasteiger partial charge in [0.2, 0.25) is 11.8 Å². The summed E-state index contributed by atoms with van der Waals surface area (Å²) in [5.41, 5.74) is -0.809. The Labute approximate surface area is 122 Å². The van der Waals surface area contributed by atoms with Gasteiger partial charge in [0.15, 0.2) is 0 Å². The van der Waals surface area contributed by atoms with E-state index in [1.807, 2.05) is 13.8 Å². The fourth-order valence-electron chi connectivity index (χ4n) is 2.29. The molecule has 1 aliphatic rings. The van der Waals surface area contributed by atoms with Gasteiger partial charge in [0.1, 0.15) is 11.6 Å². The molecule has 1 fully saturated rings. The number of ether oxygens (including phenoxy) is 1. The van der Waals surface area contributed by atoms with E-state index in [0.717, 1.165) is 12.8 Å². The van der Waals surface area contributed by atoms with Crippen molar-refractivity contribution in [1.82, 2.24) is 10.2 Å². The van der Waals surface area contributed by atoms with Crippen LogP contribution < -0.4 is 5.32 Å². The molecule has 1 unspecified atom stereocenters. The number of rotatable bonds is 7. The largest absolute Gasteiger partial charge is 0.380 e. The van der Waals surface area contributed by atoms with Crippen molar-refractivity contribution in [2.75, 3.05) is 19.8 Å². The van der Waals surface area contributed by atoms with Crippen molar-refractivity contribution in [1.29, 1.82) is 0 Å². The molecular weight excluding hydrogens is 256 g/mol. The summed E-state index contributed by atoms with van der Waals surface area (Å²) in [5, 5.41) is 2.83. The van der Waals surface area contributed by atoms with Crippen LogP contribution in [-0.2, 0) is 14.3 Å². The van der Waals surface area contributed by atoms with Crippen molar-refractivity contribution in [3.8, 4) is 0 Å². The van der Waals surface area contributed by atoms with E-state index < -0.39 is 11.6 Å². The summed E-state index contributed by atoms with van der Waals surface area (Å²) >= 11 is 0. The molecule has 1 aliphatic heterocycles. The highest BCUT2D eigenvalue weighted by Crippen LogP contribution is 2.23. The Bertz CT molecular complexity index is 353. The number of piperazine rings is 1. The molecule has 1 rings (SSSR count). The van der Waals surface area contributed by atoms with E-state index >= 15 is 0 Å². The fourth-order valence-corrected chi connectivity index (χ4v) is 2.29.